The first kappa shape index (κ1) is 30.4. The van der Waals surface area contributed by atoms with Gasteiger partial charge in [-0.2, -0.15) is 23.3 Å². The first-order valence-electron chi connectivity index (χ1n) is 12.6. The molecule has 4 aromatic rings. The van der Waals surface area contributed by atoms with Crippen molar-refractivity contribution >= 4 is 29.5 Å². The summed E-state index contributed by atoms with van der Waals surface area (Å²) >= 11 is 1.24. The van der Waals surface area contributed by atoms with E-state index in [1.54, 1.807) is 18.2 Å². The van der Waals surface area contributed by atoms with Gasteiger partial charge in [-0.3, -0.25) is 9.52 Å². The second-order valence-corrected chi connectivity index (χ2v) is 9.70. The summed E-state index contributed by atoms with van der Waals surface area (Å²) in [6, 6.07) is 7.46. The van der Waals surface area contributed by atoms with Crippen molar-refractivity contribution in [1.29, 1.82) is 0 Å². The maximum atomic E-state index is 13.6. The van der Waals surface area contributed by atoms with Crippen molar-refractivity contribution in [1.82, 2.24) is 29.5 Å². The molecule has 0 unspecified atom stereocenters. The molecule has 2 N–H and O–H groups in total. The molecule has 15 heteroatoms. The molecule has 3 aromatic heterocycles. The normalized spacial score (nSPS) is 11.2. The Hall–Kier alpha value is -4.53. The molecule has 11 nitrogen and oxygen atoms in total. The number of pyridine rings is 1. The first-order chi connectivity index (χ1) is 20.1. The molecule has 0 saturated heterocycles. The fourth-order valence-corrected chi connectivity index (χ4v) is 4.38. The van der Waals surface area contributed by atoms with Crippen LogP contribution in [0.15, 0.2) is 42.7 Å². The van der Waals surface area contributed by atoms with Crippen LogP contribution in [0, 0.1) is 6.92 Å². The smallest absolute Gasteiger partial charge is 0.435 e. The standard InChI is InChI=1S/C27H28F3N7O4S/c1-6-7-42-36-24(38)20-9-16(13-31-25(20)41-5)21-14-32-26(33-17-10-18(39-3)12-19(11-17)40-4)34-23(21)37-15(2)8-22(35-37)27(28,29)30/h8-14H,6-7H2,1-5H3,(H,36,38)(H,32,33,34). The number of carbonyl (C=O) groups is 1. The van der Waals surface area contributed by atoms with E-state index in [4.69, 9.17) is 14.2 Å². The number of methoxy groups -OCH3 is 3. The average molecular weight is 604 g/mol. The van der Waals surface area contributed by atoms with Gasteiger partial charge in [-0.15, -0.1) is 0 Å². The Morgan fingerprint density at radius 1 is 1.00 bits per heavy atom. The molecule has 0 spiro atoms. The number of nitrogens with zero attached hydrogens (tertiary/aromatic N) is 5. The highest BCUT2D eigenvalue weighted by molar-refractivity contribution is 7.97. The average Bonchev–Trinajstić information content (AvgIpc) is 3.38. The van der Waals surface area contributed by atoms with Crippen LogP contribution in [0.5, 0.6) is 17.4 Å². The number of aryl methyl sites for hydroxylation is 1. The van der Waals surface area contributed by atoms with Crippen LogP contribution in [-0.2, 0) is 6.18 Å². The molecule has 0 bridgehead atoms. The van der Waals surface area contributed by atoms with Crippen molar-refractivity contribution in [3.05, 3.63) is 59.7 Å². The summed E-state index contributed by atoms with van der Waals surface area (Å²) in [6.07, 6.45) is -0.994. The van der Waals surface area contributed by atoms with Gasteiger partial charge in [0, 0.05) is 58.9 Å². The molecular formula is C27H28F3N7O4S. The predicted octanol–water partition coefficient (Wildman–Crippen LogP) is 5.61. The molecule has 1 amide bonds. The Bertz CT molecular complexity index is 1560. The summed E-state index contributed by atoms with van der Waals surface area (Å²) in [4.78, 5) is 26.1. The minimum absolute atomic E-state index is 0.0223. The lowest BCUT2D eigenvalue weighted by Gasteiger charge is -2.15. The molecule has 4 rings (SSSR count). The van der Waals surface area contributed by atoms with Crippen molar-refractivity contribution < 1.29 is 32.2 Å². The third kappa shape index (κ3) is 6.84. The number of benzene rings is 1. The van der Waals surface area contributed by atoms with Gasteiger partial charge in [-0.1, -0.05) is 18.9 Å². The maximum absolute atomic E-state index is 13.6. The van der Waals surface area contributed by atoms with Crippen LogP contribution >= 0.6 is 11.9 Å². The van der Waals surface area contributed by atoms with Gasteiger partial charge in [0.15, 0.2) is 11.5 Å². The Balaban J connectivity index is 1.84. The van der Waals surface area contributed by atoms with E-state index in [9.17, 15) is 18.0 Å². The molecule has 0 atom stereocenters. The van der Waals surface area contributed by atoms with E-state index in [0.717, 1.165) is 17.2 Å². The van der Waals surface area contributed by atoms with E-state index in [1.807, 2.05) is 6.92 Å². The Labute approximate surface area is 244 Å². The number of ether oxygens (including phenoxy) is 3. The minimum atomic E-state index is -4.68. The molecule has 0 aliphatic rings. The Morgan fingerprint density at radius 2 is 1.71 bits per heavy atom. The molecular weight excluding hydrogens is 575 g/mol. The van der Waals surface area contributed by atoms with Crippen LogP contribution in [0.25, 0.3) is 16.9 Å². The second-order valence-electron chi connectivity index (χ2n) is 8.80. The zero-order valence-electron chi connectivity index (χ0n) is 23.4. The molecule has 222 valence electrons. The summed E-state index contributed by atoms with van der Waals surface area (Å²) in [5, 5.41) is 6.81. The van der Waals surface area contributed by atoms with E-state index in [-0.39, 0.29) is 34.5 Å². The van der Waals surface area contributed by atoms with Gasteiger partial charge in [-0.05, 0) is 25.5 Å². The van der Waals surface area contributed by atoms with Gasteiger partial charge in [0.1, 0.15) is 17.1 Å². The van der Waals surface area contributed by atoms with Crippen LogP contribution in [0.4, 0.5) is 24.8 Å². The van der Waals surface area contributed by atoms with Crippen molar-refractivity contribution in [2.45, 2.75) is 26.4 Å². The summed E-state index contributed by atoms with van der Waals surface area (Å²) < 4.78 is 60.4. The third-order valence-electron chi connectivity index (χ3n) is 5.83. The van der Waals surface area contributed by atoms with Gasteiger partial charge >= 0.3 is 6.18 Å². The van der Waals surface area contributed by atoms with Crippen molar-refractivity contribution in [2.75, 3.05) is 32.4 Å². The lowest BCUT2D eigenvalue weighted by Crippen LogP contribution is -2.18. The molecule has 0 fully saturated rings. The fraction of sp³-hybridized carbons (Fsp3) is 0.296. The lowest BCUT2D eigenvalue weighted by atomic mass is 10.1. The molecule has 1 aromatic carbocycles. The van der Waals surface area contributed by atoms with Crippen LogP contribution in [0.3, 0.4) is 0 Å². The molecule has 0 radical (unpaired) electrons. The van der Waals surface area contributed by atoms with Gasteiger partial charge in [0.2, 0.25) is 11.8 Å². The lowest BCUT2D eigenvalue weighted by molar-refractivity contribution is -0.141. The first-order valence-corrected chi connectivity index (χ1v) is 13.5. The van der Waals surface area contributed by atoms with E-state index in [2.05, 4.69) is 30.1 Å². The number of rotatable bonds is 11. The maximum Gasteiger partial charge on any atom is 0.435 e. The van der Waals surface area contributed by atoms with Crippen molar-refractivity contribution in [2.24, 2.45) is 0 Å². The van der Waals surface area contributed by atoms with Crippen LogP contribution in [-0.4, -0.2) is 57.7 Å². The topological polar surface area (TPSA) is 125 Å². The predicted molar refractivity (Wildman–Crippen MR) is 152 cm³/mol. The number of nitrogens with one attached hydrogen (secondary N) is 2. The number of carbonyl (C=O) groups excluding carboxylic acids is 1. The van der Waals surface area contributed by atoms with Crippen molar-refractivity contribution in [3.63, 3.8) is 0 Å². The second kappa shape index (κ2) is 13.0. The SMILES string of the molecule is CCCSNC(=O)c1cc(-c2cnc(Nc3cc(OC)cc(OC)c3)nc2-n2nc(C(F)(F)F)cc2C)cnc1OC. The van der Waals surface area contributed by atoms with Crippen LogP contribution < -0.4 is 24.2 Å². The molecule has 42 heavy (non-hydrogen) atoms. The number of alkyl halides is 3. The summed E-state index contributed by atoms with van der Waals surface area (Å²) in [7, 11) is 4.38. The van der Waals surface area contributed by atoms with E-state index >= 15 is 0 Å². The molecule has 0 aliphatic heterocycles. The zero-order chi connectivity index (χ0) is 30.4. The largest absolute Gasteiger partial charge is 0.497 e. The van der Waals surface area contributed by atoms with E-state index in [0.29, 0.717) is 28.5 Å². The Kier molecular flexibility index (Phi) is 9.40. The third-order valence-corrected chi connectivity index (χ3v) is 6.77. The highest BCUT2D eigenvalue weighted by Gasteiger charge is 2.35. The van der Waals surface area contributed by atoms with Gasteiger partial charge in [0.05, 0.1) is 21.3 Å². The summed E-state index contributed by atoms with van der Waals surface area (Å²) in [5.41, 5.74) is 0.351. The van der Waals surface area contributed by atoms with Gasteiger partial charge in [0.25, 0.3) is 5.91 Å². The van der Waals surface area contributed by atoms with E-state index in [1.165, 1.54) is 58.7 Å². The van der Waals surface area contributed by atoms with Gasteiger partial charge in [-0.25, -0.2) is 14.6 Å². The van der Waals surface area contributed by atoms with Crippen LogP contribution in [0.1, 0.15) is 35.1 Å². The molecule has 0 saturated carbocycles. The highest BCUT2D eigenvalue weighted by Crippen LogP contribution is 2.34. The quantitative estimate of drug-likeness (QED) is 0.165. The van der Waals surface area contributed by atoms with Crippen LogP contribution in [0.2, 0.25) is 0 Å². The number of hydrogen-bond donors (Lipinski definition) is 2. The number of amides is 1. The van der Waals surface area contributed by atoms with E-state index < -0.39 is 17.8 Å². The minimum Gasteiger partial charge on any atom is -0.497 e. The zero-order valence-corrected chi connectivity index (χ0v) is 24.2. The van der Waals surface area contributed by atoms with Gasteiger partial charge < -0.3 is 19.5 Å². The number of halogens is 3. The number of aromatic nitrogens is 5. The number of hydrogen-bond acceptors (Lipinski definition) is 10. The monoisotopic (exact) mass is 603 g/mol. The Morgan fingerprint density at radius 3 is 2.31 bits per heavy atom. The number of anilines is 2. The summed E-state index contributed by atoms with van der Waals surface area (Å²) in [6.45, 7) is 3.46. The molecule has 0 aliphatic carbocycles. The van der Waals surface area contributed by atoms with Crippen molar-refractivity contribution in [3.8, 4) is 34.3 Å². The highest BCUT2D eigenvalue weighted by atomic mass is 32.2. The molecule has 3 heterocycles. The fourth-order valence-electron chi connectivity index (χ4n) is 3.83. The summed E-state index contributed by atoms with van der Waals surface area (Å²) in [5.74, 6) is 1.42.